The van der Waals surface area contributed by atoms with Gasteiger partial charge in [0.1, 0.15) is 0 Å². The fraction of sp³-hybridized carbons (Fsp3) is 0.542. The maximum Gasteiger partial charge on any atom is 0.338 e. The van der Waals surface area contributed by atoms with Gasteiger partial charge in [-0.05, 0) is 38.8 Å². The van der Waals surface area contributed by atoms with Gasteiger partial charge < -0.3 is 20.3 Å². The molecular formula is C24H35N5O4. The maximum atomic E-state index is 13.2. The molecule has 0 aromatic heterocycles. The van der Waals surface area contributed by atoms with Crippen LogP contribution in [0.2, 0.25) is 0 Å². The fourth-order valence-corrected chi connectivity index (χ4v) is 4.39. The van der Waals surface area contributed by atoms with Crippen LogP contribution in [0.15, 0.2) is 35.5 Å². The number of esters is 1. The molecule has 1 aromatic rings. The quantitative estimate of drug-likeness (QED) is 0.613. The van der Waals surface area contributed by atoms with Gasteiger partial charge in [-0.2, -0.15) is 0 Å². The zero-order valence-corrected chi connectivity index (χ0v) is 20.0. The number of aryl methyl sites for hydroxylation is 1. The van der Waals surface area contributed by atoms with Gasteiger partial charge in [0.25, 0.3) is 0 Å². The lowest BCUT2D eigenvalue weighted by atomic mass is 9.91. The van der Waals surface area contributed by atoms with E-state index < -0.39 is 12.0 Å². The molecule has 1 fully saturated rings. The molecule has 0 spiro atoms. The summed E-state index contributed by atoms with van der Waals surface area (Å²) in [5.74, 6) is -0.417. The Kier molecular flexibility index (Phi) is 8.32. The van der Waals surface area contributed by atoms with Gasteiger partial charge >= 0.3 is 18.0 Å². The average molecular weight is 458 g/mol. The molecule has 2 heterocycles. The smallest absolute Gasteiger partial charge is 0.338 e. The van der Waals surface area contributed by atoms with Crippen molar-refractivity contribution in [3.05, 3.63) is 46.7 Å². The molecule has 2 N–H and O–H groups in total. The van der Waals surface area contributed by atoms with E-state index in [1.54, 1.807) is 16.7 Å². The summed E-state index contributed by atoms with van der Waals surface area (Å²) < 4.78 is 5.44. The van der Waals surface area contributed by atoms with E-state index in [1.165, 1.54) is 0 Å². The number of hydrogen-bond donors (Lipinski definition) is 2. The highest BCUT2D eigenvalue weighted by atomic mass is 16.5. The predicted molar refractivity (Wildman–Crippen MR) is 126 cm³/mol. The first kappa shape index (κ1) is 24.6. The number of nitrogens with zero attached hydrogens (tertiary/aromatic N) is 3. The van der Waals surface area contributed by atoms with Gasteiger partial charge in [-0.15, -0.1) is 0 Å². The summed E-state index contributed by atoms with van der Waals surface area (Å²) in [7, 11) is 0. The molecule has 9 nitrogen and oxygen atoms in total. The number of urea groups is 2. The largest absolute Gasteiger partial charge is 0.463 e. The van der Waals surface area contributed by atoms with E-state index in [4.69, 9.17) is 4.74 Å². The normalized spacial score (nSPS) is 19.4. The van der Waals surface area contributed by atoms with Crippen LogP contribution in [0, 0.1) is 6.92 Å². The lowest BCUT2D eigenvalue weighted by Crippen LogP contribution is -2.55. The van der Waals surface area contributed by atoms with Crippen LogP contribution in [0.1, 0.15) is 37.9 Å². The molecule has 3 rings (SSSR count). The van der Waals surface area contributed by atoms with Crippen LogP contribution < -0.4 is 10.6 Å². The van der Waals surface area contributed by atoms with E-state index in [2.05, 4.69) is 15.5 Å². The number of piperazine rings is 1. The van der Waals surface area contributed by atoms with Crippen LogP contribution in [-0.4, -0.2) is 85.2 Å². The third kappa shape index (κ3) is 5.47. The highest BCUT2D eigenvalue weighted by Gasteiger charge is 2.39. The predicted octanol–water partition coefficient (Wildman–Crippen LogP) is 2.25. The number of carbonyl (C=O) groups excluding carboxylic acids is 3. The summed E-state index contributed by atoms with van der Waals surface area (Å²) in [5, 5.41) is 5.85. The van der Waals surface area contributed by atoms with Gasteiger partial charge in [-0.25, -0.2) is 14.4 Å². The molecule has 1 atom stereocenters. The number of ether oxygens (including phenoxy) is 1. The number of hydrogen-bond acceptors (Lipinski definition) is 5. The molecule has 4 amide bonds. The third-order valence-electron chi connectivity index (χ3n) is 6.11. The number of carbonyl (C=O) groups is 3. The van der Waals surface area contributed by atoms with Crippen molar-refractivity contribution < 1.29 is 19.1 Å². The van der Waals surface area contributed by atoms with Crippen molar-refractivity contribution in [1.82, 2.24) is 25.3 Å². The molecule has 1 unspecified atom stereocenters. The first-order chi connectivity index (χ1) is 15.9. The van der Waals surface area contributed by atoms with Crippen molar-refractivity contribution in [2.24, 2.45) is 0 Å². The lowest BCUT2D eigenvalue weighted by Gasteiger charge is -2.40. The van der Waals surface area contributed by atoms with E-state index in [0.717, 1.165) is 11.1 Å². The number of likely N-dealkylation sites (N-methyl/N-ethyl adjacent to an activating group) is 1. The highest BCUT2D eigenvalue weighted by Crippen LogP contribution is 2.33. The minimum Gasteiger partial charge on any atom is -0.463 e. The third-order valence-corrected chi connectivity index (χ3v) is 6.11. The average Bonchev–Trinajstić information content (AvgIpc) is 2.80. The Bertz CT molecular complexity index is 908. The molecule has 180 valence electrons. The van der Waals surface area contributed by atoms with Crippen molar-refractivity contribution >= 4 is 18.0 Å². The van der Waals surface area contributed by atoms with Gasteiger partial charge in [0.15, 0.2) is 0 Å². The van der Waals surface area contributed by atoms with Crippen molar-refractivity contribution in [1.29, 1.82) is 0 Å². The minimum absolute atomic E-state index is 0.0598. The first-order valence-corrected chi connectivity index (χ1v) is 11.7. The second-order valence-corrected chi connectivity index (χ2v) is 8.16. The topological polar surface area (TPSA) is 94.2 Å². The van der Waals surface area contributed by atoms with E-state index in [0.29, 0.717) is 57.1 Å². The van der Waals surface area contributed by atoms with Gasteiger partial charge in [0, 0.05) is 51.5 Å². The molecule has 0 radical (unpaired) electrons. The Labute approximate surface area is 195 Å². The van der Waals surface area contributed by atoms with Crippen molar-refractivity contribution in [3.8, 4) is 0 Å². The Hall–Kier alpha value is -3.07. The molecule has 2 aliphatic heterocycles. The number of benzene rings is 1. The van der Waals surface area contributed by atoms with Crippen molar-refractivity contribution in [2.75, 3.05) is 52.4 Å². The Balaban J connectivity index is 1.94. The summed E-state index contributed by atoms with van der Waals surface area (Å²) in [6, 6.07) is 6.88. The zero-order valence-electron chi connectivity index (χ0n) is 20.0. The number of rotatable bonds is 7. The van der Waals surface area contributed by atoms with E-state index in [9.17, 15) is 14.4 Å². The molecule has 0 aliphatic carbocycles. The van der Waals surface area contributed by atoms with Gasteiger partial charge in [0.05, 0.1) is 18.2 Å². The van der Waals surface area contributed by atoms with Crippen molar-refractivity contribution in [2.45, 2.75) is 33.7 Å². The summed E-state index contributed by atoms with van der Waals surface area (Å²) in [6.45, 7) is 11.7. The monoisotopic (exact) mass is 457 g/mol. The van der Waals surface area contributed by atoms with Gasteiger partial charge in [-0.1, -0.05) is 24.3 Å². The SMILES string of the molecule is CCNC(=O)N1CCN(CC2=C(C(=O)OCC)C(c3ccccc3C)NC(=O)N2CC)CC1. The molecule has 2 aliphatic rings. The summed E-state index contributed by atoms with van der Waals surface area (Å²) >= 11 is 0. The maximum absolute atomic E-state index is 13.2. The minimum atomic E-state index is -0.577. The van der Waals surface area contributed by atoms with Crippen LogP contribution in [0.25, 0.3) is 0 Å². The van der Waals surface area contributed by atoms with E-state index in [-0.39, 0.29) is 18.7 Å². The second-order valence-electron chi connectivity index (χ2n) is 8.16. The summed E-state index contributed by atoms with van der Waals surface area (Å²) in [5.41, 5.74) is 3.01. The number of nitrogens with one attached hydrogen (secondary N) is 2. The van der Waals surface area contributed by atoms with Crippen LogP contribution in [0.3, 0.4) is 0 Å². The van der Waals surface area contributed by atoms with E-state index >= 15 is 0 Å². The fourth-order valence-electron chi connectivity index (χ4n) is 4.39. The molecule has 0 bridgehead atoms. The highest BCUT2D eigenvalue weighted by molar-refractivity contribution is 5.95. The molecular weight excluding hydrogens is 422 g/mol. The Morgan fingerprint density at radius 3 is 2.42 bits per heavy atom. The molecule has 1 saturated heterocycles. The van der Waals surface area contributed by atoms with Crippen LogP contribution >= 0.6 is 0 Å². The summed E-state index contributed by atoms with van der Waals surface area (Å²) in [4.78, 5) is 44.0. The van der Waals surface area contributed by atoms with Crippen molar-refractivity contribution in [3.63, 3.8) is 0 Å². The van der Waals surface area contributed by atoms with Gasteiger partial charge in [-0.3, -0.25) is 9.80 Å². The number of amides is 4. The van der Waals surface area contributed by atoms with Gasteiger partial charge in [0.2, 0.25) is 0 Å². The first-order valence-electron chi connectivity index (χ1n) is 11.7. The zero-order chi connectivity index (χ0) is 24.0. The molecule has 0 saturated carbocycles. The summed E-state index contributed by atoms with van der Waals surface area (Å²) in [6.07, 6.45) is 0. The Morgan fingerprint density at radius 1 is 1.12 bits per heavy atom. The second kappa shape index (κ2) is 11.2. The molecule has 9 heteroatoms. The van der Waals surface area contributed by atoms with E-state index in [1.807, 2.05) is 45.0 Å². The lowest BCUT2D eigenvalue weighted by molar-refractivity contribution is -0.139. The molecule has 1 aromatic carbocycles. The standard InChI is InChI=1S/C24H35N5O4/c1-5-25-23(31)28-14-12-27(13-15-28)16-19-20(22(30)33-7-3)21(26-24(32)29(19)6-2)18-11-9-8-10-17(18)4/h8-11,21H,5-7,12-16H2,1-4H3,(H,25,31)(H,26,32). The Morgan fingerprint density at radius 2 is 1.82 bits per heavy atom. The van der Waals surface area contributed by atoms with Crippen LogP contribution in [-0.2, 0) is 9.53 Å². The molecule has 33 heavy (non-hydrogen) atoms. The van der Waals surface area contributed by atoms with Crippen LogP contribution in [0.5, 0.6) is 0 Å². The van der Waals surface area contributed by atoms with Crippen LogP contribution in [0.4, 0.5) is 9.59 Å².